The summed E-state index contributed by atoms with van der Waals surface area (Å²) >= 11 is 0. The molecule has 0 amide bonds. The van der Waals surface area contributed by atoms with E-state index in [1.165, 1.54) is 5.69 Å². The van der Waals surface area contributed by atoms with Crippen LogP contribution in [0.5, 0.6) is 0 Å². The Balaban J connectivity index is 1.73. The Morgan fingerprint density at radius 1 is 0.958 bits per heavy atom. The van der Waals surface area contributed by atoms with Crippen LogP contribution in [-0.2, 0) is 9.31 Å². The third-order valence-corrected chi connectivity index (χ3v) is 6.08. The molecule has 0 bridgehead atoms. The molecule has 1 atom stereocenters. The maximum Gasteiger partial charge on any atom is 0.494 e. The van der Waals surface area contributed by atoms with Crippen LogP contribution in [0.3, 0.4) is 0 Å². The highest BCUT2D eigenvalue weighted by Crippen LogP contribution is 2.42. The lowest BCUT2D eigenvalue weighted by atomic mass is 9.78. The fourth-order valence-corrected chi connectivity index (χ4v) is 3.65. The summed E-state index contributed by atoms with van der Waals surface area (Å²) in [6, 6.07) is 8.71. The summed E-state index contributed by atoms with van der Waals surface area (Å²) in [5.74, 6) is 0.391. The molecule has 5 heteroatoms. The van der Waals surface area contributed by atoms with Gasteiger partial charge in [-0.3, -0.25) is 0 Å². The van der Waals surface area contributed by atoms with E-state index in [1.807, 2.05) is 0 Å². The lowest BCUT2D eigenvalue weighted by Crippen LogP contribution is -2.48. The van der Waals surface area contributed by atoms with Crippen LogP contribution in [0.4, 0.5) is 5.69 Å². The number of piperazine rings is 1. The van der Waals surface area contributed by atoms with Crippen molar-refractivity contribution in [3.63, 3.8) is 0 Å². The lowest BCUT2D eigenvalue weighted by molar-refractivity contribution is -0.0435. The number of likely N-dealkylation sites (N-methyl/N-ethyl adjacent to an activating group) is 1. The Bertz CT molecular complexity index is 567. The molecule has 1 aromatic rings. The van der Waals surface area contributed by atoms with Crippen LogP contribution in [0.2, 0.25) is 0 Å². The highest BCUT2D eigenvalue weighted by molar-refractivity contribution is 6.62. The van der Waals surface area contributed by atoms with Crippen molar-refractivity contribution in [2.45, 2.75) is 45.8 Å². The molecular formula is C19H31BN2O2. The van der Waals surface area contributed by atoms with Crippen molar-refractivity contribution in [2.24, 2.45) is 5.92 Å². The van der Waals surface area contributed by atoms with Gasteiger partial charge in [0.1, 0.15) is 0 Å². The van der Waals surface area contributed by atoms with Crippen molar-refractivity contribution in [2.75, 3.05) is 38.1 Å². The SMILES string of the molecule is CC(C)C1(C)OB(c2ccc(N3CCN(C)CC3)cc2)OC1(C)C. The van der Waals surface area contributed by atoms with Gasteiger partial charge in [-0.2, -0.15) is 0 Å². The van der Waals surface area contributed by atoms with E-state index >= 15 is 0 Å². The predicted octanol–water partition coefficient (Wildman–Crippen LogP) is 2.37. The second-order valence-corrected chi connectivity index (χ2v) is 8.22. The molecule has 0 saturated carbocycles. The normalized spacial score (nSPS) is 28.0. The Kier molecular flexibility index (Phi) is 4.71. The number of benzene rings is 1. The zero-order valence-electron chi connectivity index (χ0n) is 16.0. The maximum absolute atomic E-state index is 6.37. The summed E-state index contributed by atoms with van der Waals surface area (Å²) in [6.45, 7) is 15.2. The minimum atomic E-state index is -0.304. The molecule has 2 heterocycles. The third-order valence-electron chi connectivity index (χ3n) is 6.08. The number of anilines is 1. The summed E-state index contributed by atoms with van der Waals surface area (Å²) in [5.41, 5.74) is 1.80. The standard InChI is InChI=1S/C19H31BN2O2/c1-15(2)19(5)18(3,4)23-20(24-19)16-7-9-17(10-8-16)22-13-11-21(6)12-14-22/h7-10,15H,11-14H2,1-6H3. The molecule has 3 rings (SSSR count). The van der Waals surface area contributed by atoms with E-state index in [0.717, 1.165) is 31.6 Å². The number of rotatable bonds is 3. The smallest absolute Gasteiger partial charge is 0.399 e. The molecule has 2 fully saturated rings. The zero-order valence-corrected chi connectivity index (χ0v) is 16.0. The Labute approximate surface area is 147 Å². The Morgan fingerprint density at radius 3 is 2.04 bits per heavy atom. The Hall–Kier alpha value is -1.04. The molecule has 2 aliphatic heterocycles. The van der Waals surface area contributed by atoms with E-state index in [4.69, 9.17) is 9.31 Å². The molecule has 24 heavy (non-hydrogen) atoms. The first-order chi connectivity index (χ1) is 11.2. The van der Waals surface area contributed by atoms with Gasteiger partial charge in [-0.05, 0) is 51.3 Å². The topological polar surface area (TPSA) is 24.9 Å². The van der Waals surface area contributed by atoms with Crippen LogP contribution >= 0.6 is 0 Å². The van der Waals surface area contributed by atoms with Crippen molar-refractivity contribution >= 4 is 18.3 Å². The summed E-state index contributed by atoms with van der Waals surface area (Å²) in [7, 11) is 1.90. The van der Waals surface area contributed by atoms with Crippen molar-refractivity contribution in [3.8, 4) is 0 Å². The molecule has 1 unspecified atom stereocenters. The first-order valence-electron chi connectivity index (χ1n) is 9.12. The molecule has 0 aromatic heterocycles. The van der Waals surface area contributed by atoms with Gasteiger partial charge in [-0.1, -0.05) is 26.0 Å². The largest absolute Gasteiger partial charge is 0.494 e. The molecular weight excluding hydrogens is 299 g/mol. The van der Waals surface area contributed by atoms with Crippen LogP contribution in [0.25, 0.3) is 0 Å². The predicted molar refractivity (Wildman–Crippen MR) is 101 cm³/mol. The van der Waals surface area contributed by atoms with E-state index in [1.54, 1.807) is 0 Å². The highest BCUT2D eigenvalue weighted by Gasteiger charge is 2.55. The Morgan fingerprint density at radius 2 is 1.54 bits per heavy atom. The van der Waals surface area contributed by atoms with Crippen LogP contribution in [0.1, 0.15) is 34.6 Å². The van der Waals surface area contributed by atoms with Gasteiger partial charge in [0.25, 0.3) is 0 Å². The van der Waals surface area contributed by atoms with Gasteiger partial charge in [0, 0.05) is 31.9 Å². The second kappa shape index (κ2) is 6.36. The third kappa shape index (κ3) is 3.09. The molecule has 0 radical (unpaired) electrons. The first kappa shape index (κ1) is 17.8. The number of nitrogens with zero attached hydrogens (tertiary/aromatic N) is 2. The van der Waals surface area contributed by atoms with E-state index in [-0.39, 0.29) is 18.3 Å². The van der Waals surface area contributed by atoms with E-state index in [0.29, 0.717) is 5.92 Å². The molecule has 1 aromatic carbocycles. The minimum Gasteiger partial charge on any atom is -0.399 e. The summed E-state index contributed by atoms with van der Waals surface area (Å²) in [6.07, 6.45) is 0. The quantitative estimate of drug-likeness (QED) is 0.795. The van der Waals surface area contributed by atoms with Crippen LogP contribution in [-0.4, -0.2) is 56.4 Å². The number of hydrogen-bond acceptors (Lipinski definition) is 4. The highest BCUT2D eigenvalue weighted by atomic mass is 16.7. The molecule has 0 aliphatic carbocycles. The molecule has 132 valence electrons. The average Bonchev–Trinajstić information content (AvgIpc) is 2.79. The fourth-order valence-electron chi connectivity index (χ4n) is 3.65. The molecule has 0 N–H and O–H groups in total. The van der Waals surface area contributed by atoms with Crippen molar-refractivity contribution < 1.29 is 9.31 Å². The average molecular weight is 330 g/mol. The van der Waals surface area contributed by atoms with E-state index < -0.39 is 0 Å². The van der Waals surface area contributed by atoms with E-state index in [9.17, 15) is 0 Å². The van der Waals surface area contributed by atoms with Gasteiger partial charge in [0.15, 0.2) is 0 Å². The first-order valence-corrected chi connectivity index (χ1v) is 9.12. The van der Waals surface area contributed by atoms with Crippen molar-refractivity contribution in [1.29, 1.82) is 0 Å². The van der Waals surface area contributed by atoms with Gasteiger partial charge in [0.05, 0.1) is 11.2 Å². The van der Waals surface area contributed by atoms with Crippen molar-refractivity contribution in [1.82, 2.24) is 4.90 Å². The van der Waals surface area contributed by atoms with Crippen LogP contribution in [0, 0.1) is 5.92 Å². The van der Waals surface area contributed by atoms with Crippen LogP contribution in [0.15, 0.2) is 24.3 Å². The van der Waals surface area contributed by atoms with E-state index in [2.05, 4.69) is 75.7 Å². The second-order valence-electron chi connectivity index (χ2n) is 8.22. The summed E-state index contributed by atoms with van der Waals surface area (Å²) in [4.78, 5) is 4.82. The summed E-state index contributed by atoms with van der Waals surface area (Å²) in [5, 5.41) is 0. The van der Waals surface area contributed by atoms with Crippen molar-refractivity contribution in [3.05, 3.63) is 24.3 Å². The molecule has 4 nitrogen and oxygen atoms in total. The number of hydrogen-bond donors (Lipinski definition) is 0. The molecule has 0 spiro atoms. The molecule has 2 saturated heterocycles. The monoisotopic (exact) mass is 330 g/mol. The van der Waals surface area contributed by atoms with Gasteiger partial charge in [-0.25, -0.2) is 0 Å². The lowest BCUT2D eigenvalue weighted by Gasteiger charge is -2.39. The molecule has 2 aliphatic rings. The van der Waals surface area contributed by atoms with Crippen LogP contribution < -0.4 is 10.4 Å². The minimum absolute atomic E-state index is 0.283. The van der Waals surface area contributed by atoms with Gasteiger partial charge < -0.3 is 19.1 Å². The zero-order chi connectivity index (χ0) is 17.5. The summed E-state index contributed by atoms with van der Waals surface area (Å²) < 4.78 is 12.6. The van der Waals surface area contributed by atoms with Gasteiger partial charge >= 0.3 is 7.12 Å². The van der Waals surface area contributed by atoms with Gasteiger partial charge in [-0.15, -0.1) is 0 Å². The maximum atomic E-state index is 6.37. The van der Waals surface area contributed by atoms with Gasteiger partial charge in [0.2, 0.25) is 0 Å². The fraction of sp³-hybridized carbons (Fsp3) is 0.684.